The van der Waals surface area contributed by atoms with E-state index in [9.17, 15) is 4.79 Å². The van der Waals surface area contributed by atoms with Gasteiger partial charge in [0.25, 0.3) is 0 Å². The molecule has 1 aliphatic rings. The van der Waals surface area contributed by atoms with Gasteiger partial charge in [-0.05, 0) is 25.2 Å². The van der Waals surface area contributed by atoms with Crippen LogP contribution in [0, 0.1) is 5.41 Å². The Labute approximate surface area is 164 Å². The molecule has 0 heterocycles. The molecule has 2 N–H and O–H groups in total. The van der Waals surface area contributed by atoms with Gasteiger partial charge in [-0.2, -0.15) is 0 Å². The zero-order valence-electron chi connectivity index (χ0n) is 15.8. The number of guanidine groups is 1. The van der Waals surface area contributed by atoms with E-state index < -0.39 is 0 Å². The molecule has 1 aliphatic carbocycles. The molecule has 6 heteroatoms. The monoisotopic (exact) mass is 450 g/mol. The molecule has 1 amide bonds. The molecule has 1 fully saturated rings. The summed E-state index contributed by atoms with van der Waals surface area (Å²) in [5.41, 5.74) is 1.35. The van der Waals surface area contributed by atoms with E-state index in [0.717, 1.165) is 12.1 Å². The van der Waals surface area contributed by atoms with Crippen LogP contribution < -0.4 is 10.6 Å². The molecule has 0 spiro atoms. The lowest BCUT2D eigenvalue weighted by Gasteiger charge is -2.29. The minimum atomic E-state index is 0. The van der Waals surface area contributed by atoms with Crippen LogP contribution in [-0.4, -0.2) is 50.5 Å². The molecule has 24 heavy (non-hydrogen) atoms. The van der Waals surface area contributed by atoms with Crippen molar-refractivity contribution in [2.45, 2.75) is 52.4 Å². The van der Waals surface area contributed by atoms with Gasteiger partial charge in [0.1, 0.15) is 6.54 Å². The lowest BCUT2D eigenvalue weighted by atomic mass is 9.82. The summed E-state index contributed by atoms with van der Waals surface area (Å²) < 4.78 is 0. The van der Waals surface area contributed by atoms with E-state index in [1.54, 1.807) is 19.0 Å². The van der Waals surface area contributed by atoms with E-state index in [4.69, 9.17) is 0 Å². The van der Waals surface area contributed by atoms with E-state index in [1.165, 1.54) is 38.5 Å². The topological polar surface area (TPSA) is 56.7 Å². The summed E-state index contributed by atoms with van der Waals surface area (Å²) in [6, 6.07) is 0. The van der Waals surface area contributed by atoms with Gasteiger partial charge >= 0.3 is 0 Å². The van der Waals surface area contributed by atoms with E-state index in [2.05, 4.69) is 29.1 Å². The highest BCUT2D eigenvalue weighted by Crippen LogP contribution is 2.33. The van der Waals surface area contributed by atoms with Crippen LogP contribution in [-0.2, 0) is 4.79 Å². The van der Waals surface area contributed by atoms with Crippen molar-refractivity contribution in [3.05, 3.63) is 12.2 Å². The Morgan fingerprint density at radius 3 is 2.25 bits per heavy atom. The number of likely N-dealkylation sites (N-methyl/N-ethyl adjacent to an activating group) is 1. The Bertz CT molecular complexity index is 427. The highest BCUT2D eigenvalue weighted by atomic mass is 127. The zero-order valence-corrected chi connectivity index (χ0v) is 18.1. The lowest BCUT2D eigenvalue weighted by Crippen LogP contribution is -2.44. The van der Waals surface area contributed by atoms with Crippen molar-refractivity contribution in [2.75, 3.05) is 33.7 Å². The van der Waals surface area contributed by atoms with Crippen molar-refractivity contribution in [1.82, 2.24) is 15.5 Å². The predicted octanol–water partition coefficient (Wildman–Crippen LogP) is 3.16. The number of halogens is 1. The summed E-state index contributed by atoms with van der Waals surface area (Å²) in [5, 5.41) is 6.69. The molecule has 0 saturated heterocycles. The van der Waals surface area contributed by atoms with E-state index in [1.807, 2.05) is 6.92 Å². The number of nitrogens with zero attached hydrogens (tertiary/aromatic N) is 2. The molecule has 5 nitrogen and oxygen atoms in total. The maximum Gasteiger partial charge on any atom is 0.243 e. The number of carbonyl (C=O) groups excluding carboxylic acids is 1. The van der Waals surface area contributed by atoms with Crippen LogP contribution in [0.3, 0.4) is 0 Å². The van der Waals surface area contributed by atoms with Crippen LogP contribution in [0.4, 0.5) is 0 Å². The predicted molar refractivity (Wildman–Crippen MR) is 113 cm³/mol. The van der Waals surface area contributed by atoms with Crippen molar-refractivity contribution >= 4 is 35.8 Å². The Hall–Kier alpha value is -0.790. The molecular weight excluding hydrogens is 415 g/mol. The SMILES string of the molecule is C=C(C)CNC(=NCC(=O)N(C)C)NCC1(C)CCCCCC1.I. The molecule has 0 bridgehead atoms. The molecule has 0 aromatic heterocycles. The second kappa shape index (κ2) is 11.7. The fraction of sp³-hybridized carbons (Fsp3) is 0.778. The first kappa shape index (κ1) is 23.2. The lowest BCUT2D eigenvalue weighted by molar-refractivity contribution is -0.127. The van der Waals surface area contributed by atoms with E-state index in [-0.39, 0.29) is 36.4 Å². The van der Waals surface area contributed by atoms with Gasteiger partial charge in [-0.3, -0.25) is 4.79 Å². The number of amides is 1. The van der Waals surface area contributed by atoms with Gasteiger partial charge in [0.05, 0.1) is 0 Å². The van der Waals surface area contributed by atoms with E-state index >= 15 is 0 Å². The second-order valence-electron chi connectivity index (χ2n) is 7.34. The summed E-state index contributed by atoms with van der Waals surface area (Å²) in [7, 11) is 3.50. The number of aliphatic imine (C=N–C) groups is 1. The Morgan fingerprint density at radius 1 is 1.17 bits per heavy atom. The van der Waals surface area contributed by atoms with Gasteiger partial charge in [-0.15, -0.1) is 24.0 Å². The molecule has 0 unspecified atom stereocenters. The average Bonchev–Trinajstić information content (AvgIpc) is 2.71. The van der Waals surface area contributed by atoms with Crippen molar-refractivity contribution in [1.29, 1.82) is 0 Å². The normalized spacial score (nSPS) is 17.2. The van der Waals surface area contributed by atoms with Crippen LogP contribution in [0.25, 0.3) is 0 Å². The maximum absolute atomic E-state index is 11.7. The first-order valence-corrected chi connectivity index (χ1v) is 8.69. The van der Waals surface area contributed by atoms with Gasteiger partial charge in [-0.1, -0.05) is 44.8 Å². The van der Waals surface area contributed by atoms with Crippen molar-refractivity contribution in [2.24, 2.45) is 10.4 Å². The summed E-state index contributed by atoms with van der Waals surface area (Å²) >= 11 is 0. The molecule has 1 rings (SSSR count). The average molecular weight is 450 g/mol. The molecule has 0 aliphatic heterocycles. The van der Waals surface area contributed by atoms with Crippen LogP contribution in [0.15, 0.2) is 17.1 Å². The van der Waals surface area contributed by atoms with E-state index in [0.29, 0.717) is 17.9 Å². The van der Waals surface area contributed by atoms with Crippen molar-refractivity contribution < 1.29 is 4.79 Å². The van der Waals surface area contributed by atoms with Crippen LogP contribution >= 0.6 is 24.0 Å². The molecule has 1 saturated carbocycles. The standard InChI is InChI=1S/C18H34N4O.HI/c1-15(2)12-19-17(20-13-16(23)22(4)5)21-14-18(3)10-8-6-7-9-11-18;/h1,6-14H2,2-5H3,(H2,19,20,21);1H. The number of hydrogen-bond acceptors (Lipinski definition) is 2. The van der Waals surface area contributed by atoms with Crippen molar-refractivity contribution in [3.8, 4) is 0 Å². The summed E-state index contributed by atoms with van der Waals surface area (Å²) in [6.07, 6.45) is 7.82. The fourth-order valence-corrected chi connectivity index (χ4v) is 2.75. The third-order valence-corrected chi connectivity index (χ3v) is 4.42. The third kappa shape index (κ3) is 9.49. The third-order valence-electron chi connectivity index (χ3n) is 4.42. The largest absolute Gasteiger partial charge is 0.356 e. The highest BCUT2D eigenvalue weighted by Gasteiger charge is 2.25. The van der Waals surface area contributed by atoms with Crippen molar-refractivity contribution in [3.63, 3.8) is 0 Å². The Kier molecular flexibility index (Phi) is 11.3. The molecular formula is C18H35IN4O. The van der Waals surface area contributed by atoms with Gasteiger partial charge in [0.15, 0.2) is 5.96 Å². The molecule has 140 valence electrons. The summed E-state index contributed by atoms with van der Waals surface area (Å²) in [4.78, 5) is 17.7. The van der Waals surface area contributed by atoms with Gasteiger partial charge in [-0.25, -0.2) is 4.99 Å². The number of carbonyl (C=O) groups is 1. The van der Waals surface area contributed by atoms with Crippen LogP contribution in [0.2, 0.25) is 0 Å². The maximum atomic E-state index is 11.7. The summed E-state index contributed by atoms with van der Waals surface area (Å²) in [5.74, 6) is 0.704. The van der Waals surface area contributed by atoms with Crippen LogP contribution in [0.1, 0.15) is 52.4 Å². The zero-order chi connectivity index (χ0) is 17.3. The molecule has 0 aromatic carbocycles. The van der Waals surface area contributed by atoms with Gasteiger partial charge in [0.2, 0.25) is 5.91 Å². The molecule has 0 atom stereocenters. The van der Waals surface area contributed by atoms with Crippen LogP contribution in [0.5, 0.6) is 0 Å². The first-order valence-electron chi connectivity index (χ1n) is 8.69. The number of nitrogens with one attached hydrogen (secondary N) is 2. The van der Waals surface area contributed by atoms with Gasteiger partial charge < -0.3 is 15.5 Å². The fourth-order valence-electron chi connectivity index (χ4n) is 2.75. The Balaban J connectivity index is 0.00000529. The smallest absolute Gasteiger partial charge is 0.243 e. The minimum Gasteiger partial charge on any atom is -0.356 e. The molecule has 0 aromatic rings. The number of hydrogen-bond donors (Lipinski definition) is 2. The first-order chi connectivity index (χ1) is 10.8. The Morgan fingerprint density at radius 2 is 1.75 bits per heavy atom. The highest BCUT2D eigenvalue weighted by molar-refractivity contribution is 14.0. The second-order valence-corrected chi connectivity index (χ2v) is 7.34. The molecule has 0 radical (unpaired) electrons. The summed E-state index contributed by atoms with van der Waals surface area (Å²) in [6.45, 7) is 9.96. The number of rotatable bonds is 6. The minimum absolute atomic E-state index is 0. The van der Waals surface area contributed by atoms with Gasteiger partial charge in [0, 0.05) is 27.2 Å². The quantitative estimate of drug-likeness (QED) is 0.215.